The Hall–Kier alpha value is -3.16. The molecular weight excluding hydrogens is 328 g/mol. The summed E-state index contributed by atoms with van der Waals surface area (Å²) in [6.45, 7) is 1.76. The van der Waals surface area contributed by atoms with Gasteiger partial charge in [-0.3, -0.25) is 19.7 Å². The van der Waals surface area contributed by atoms with Gasteiger partial charge in [-0.25, -0.2) is 0 Å². The quantitative estimate of drug-likeness (QED) is 0.277. The number of ether oxygens (including phenoxy) is 2. The normalized spacial score (nSPS) is 19.0. The molecule has 0 amide bonds. The van der Waals surface area contributed by atoms with Crippen molar-refractivity contribution in [3.8, 4) is 5.75 Å². The first-order valence-electron chi connectivity index (χ1n) is 7.72. The Balaban J connectivity index is 2.20. The molecule has 3 rings (SSSR count). The number of nitrogens with zero attached hydrogens (tertiary/aromatic N) is 2. The van der Waals surface area contributed by atoms with Gasteiger partial charge in [0.2, 0.25) is 0 Å². The maximum absolute atomic E-state index is 12.4. The molecule has 25 heavy (non-hydrogen) atoms. The van der Waals surface area contributed by atoms with Crippen molar-refractivity contribution < 1.29 is 24.0 Å². The highest BCUT2D eigenvalue weighted by atomic mass is 16.6. The maximum Gasteiger partial charge on any atom is 0.326 e. The minimum atomic E-state index is -1.22. The van der Waals surface area contributed by atoms with Gasteiger partial charge in [0.25, 0.3) is 5.69 Å². The number of aryl methyl sites for hydroxylation is 1. The van der Waals surface area contributed by atoms with Crippen LogP contribution < -0.4 is 4.74 Å². The molecule has 2 atom stereocenters. The van der Waals surface area contributed by atoms with E-state index in [1.807, 2.05) is 0 Å². The fourth-order valence-corrected chi connectivity index (χ4v) is 3.06. The van der Waals surface area contributed by atoms with Gasteiger partial charge in [-0.2, -0.15) is 0 Å². The van der Waals surface area contributed by atoms with Gasteiger partial charge in [0.1, 0.15) is 5.75 Å². The molecule has 1 aromatic heterocycles. The SMILES string of the molecule is CCOC(=O)[C@H]1C(=O)Oc2ccc([N+](=O)[O-])cc2[C@@H]1c1cccn1C. The van der Waals surface area contributed by atoms with Gasteiger partial charge in [0, 0.05) is 36.6 Å². The van der Waals surface area contributed by atoms with E-state index in [-0.39, 0.29) is 18.0 Å². The second kappa shape index (κ2) is 6.39. The number of fused-ring (bicyclic) bond motifs is 1. The molecule has 2 heterocycles. The first kappa shape index (κ1) is 16.7. The van der Waals surface area contributed by atoms with Crippen molar-refractivity contribution in [1.29, 1.82) is 0 Å². The van der Waals surface area contributed by atoms with E-state index < -0.39 is 28.7 Å². The van der Waals surface area contributed by atoms with Crippen LogP contribution in [0.2, 0.25) is 0 Å². The van der Waals surface area contributed by atoms with Gasteiger partial charge >= 0.3 is 11.9 Å². The van der Waals surface area contributed by atoms with Crippen LogP contribution in [0.4, 0.5) is 5.69 Å². The summed E-state index contributed by atoms with van der Waals surface area (Å²) in [6, 6.07) is 7.51. The van der Waals surface area contributed by atoms with E-state index in [0.717, 1.165) is 0 Å². The van der Waals surface area contributed by atoms with Crippen LogP contribution in [0.25, 0.3) is 0 Å². The first-order valence-corrected chi connectivity index (χ1v) is 7.72. The van der Waals surface area contributed by atoms with Crippen LogP contribution in [0.1, 0.15) is 24.1 Å². The number of hydrogen-bond acceptors (Lipinski definition) is 6. The number of nitro groups is 1. The van der Waals surface area contributed by atoms with E-state index in [9.17, 15) is 19.7 Å². The molecule has 0 aliphatic carbocycles. The van der Waals surface area contributed by atoms with Crippen LogP contribution in [-0.2, 0) is 21.4 Å². The van der Waals surface area contributed by atoms with Crippen molar-refractivity contribution >= 4 is 17.6 Å². The third kappa shape index (κ3) is 2.86. The lowest BCUT2D eigenvalue weighted by atomic mass is 9.81. The summed E-state index contributed by atoms with van der Waals surface area (Å²) in [7, 11) is 1.77. The zero-order chi connectivity index (χ0) is 18.1. The van der Waals surface area contributed by atoms with Crippen molar-refractivity contribution in [1.82, 2.24) is 4.57 Å². The molecule has 1 aromatic carbocycles. The highest BCUT2D eigenvalue weighted by Crippen LogP contribution is 2.44. The largest absolute Gasteiger partial charge is 0.465 e. The van der Waals surface area contributed by atoms with Gasteiger partial charge in [-0.15, -0.1) is 0 Å². The number of aromatic nitrogens is 1. The lowest BCUT2D eigenvalue weighted by Crippen LogP contribution is -2.39. The topological polar surface area (TPSA) is 101 Å². The second-order valence-corrected chi connectivity index (χ2v) is 5.65. The van der Waals surface area contributed by atoms with E-state index in [4.69, 9.17) is 9.47 Å². The molecule has 0 fully saturated rings. The molecule has 0 N–H and O–H groups in total. The molecular formula is C17H16N2O6. The summed E-state index contributed by atoms with van der Waals surface area (Å²) in [5.41, 5.74) is 0.934. The number of nitro benzene ring substituents is 1. The van der Waals surface area contributed by atoms with Gasteiger partial charge in [0.15, 0.2) is 5.92 Å². The van der Waals surface area contributed by atoms with Crippen LogP contribution in [0.3, 0.4) is 0 Å². The van der Waals surface area contributed by atoms with E-state index in [1.165, 1.54) is 18.2 Å². The molecule has 0 saturated heterocycles. The number of rotatable bonds is 4. The number of non-ortho nitro benzene ring substituents is 1. The Morgan fingerprint density at radius 2 is 2.16 bits per heavy atom. The predicted molar refractivity (Wildman–Crippen MR) is 86.1 cm³/mol. The number of carbonyl (C=O) groups is 2. The molecule has 8 nitrogen and oxygen atoms in total. The summed E-state index contributed by atoms with van der Waals surface area (Å²) < 4.78 is 12.0. The highest BCUT2D eigenvalue weighted by Gasteiger charge is 2.46. The minimum Gasteiger partial charge on any atom is -0.465 e. The summed E-state index contributed by atoms with van der Waals surface area (Å²) in [5.74, 6) is -3.18. The van der Waals surface area contributed by atoms with Crippen molar-refractivity contribution in [3.05, 3.63) is 57.9 Å². The molecule has 2 aromatic rings. The number of benzene rings is 1. The molecule has 0 saturated carbocycles. The lowest BCUT2D eigenvalue weighted by molar-refractivity contribution is -0.385. The number of esters is 2. The van der Waals surface area contributed by atoms with E-state index in [0.29, 0.717) is 11.3 Å². The molecule has 1 aliphatic heterocycles. The Bertz CT molecular complexity index is 857. The van der Waals surface area contributed by atoms with Gasteiger partial charge < -0.3 is 14.0 Å². The number of hydrogen-bond donors (Lipinski definition) is 0. The van der Waals surface area contributed by atoms with Crippen molar-refractivity contribution in [3.63, 3.8) is 0 Å². The Morgan fingerprint density at radius 3 is 2.76 bits per heavy atom. The van der Waals surface area contributed by atoms with Crippen LogP contribution in [0.5, 0.6) is 5.75 Å². The smallest absolute Gasteiger partial charge is 0.326 e. The van der Waals surface area contributed by atoms with Crippen molar-refractivity contribution in [2.24, 2.45) is 13.0 Å². The van der Waals surface area contributed by atoms with Crippen molar-refractivity contribution in [2.75, 3.05) is 6.61 Å². The van der Waals surface area contributed by atoms with Crippen LogP contribution in [0, 0.1) is 16.0 Å². The minimum absolute atomic E-state index is 0.115. The molecule has 0 unspecified atom stereocenters. The molecule has 0 spiro atoms. The number of carbonyl (C=O) groups excluding carboxylic acids is 2. The van der Waals surface area contributed by atoms with E-state index >= 15 is 0 Å². The summed E-state index contributed by atoms with van der Waals surface area (Å²) >= 11 is 0. The fourth-order valence-electron chi connectivity index (χ4n) is 3.06. The van der Waals surface area contributed by atoms with Gasteiger partial charge in [0.05, 0.1) is 17.4 Å². The fraction of sp³-hybridized carbons (Fsp3) is 0.294. The summed E-state index contributed by atoms with van der Waals surface area (Å²) in [4.78, 5) is 35.4. The van der Waals surface area contributed by atoms with Gasteiger partial charge in [-0.1, -0.05) is 0 Å². The van der Waals surface area contributed by atoms with Gasteiger partial charge in [-0.05, 0) is 25.1 Å². The van der Waals surface area contributed by atoms with Crippen molar-refractivity contribution in [2.45, 2.75) is 12.8 Å². The second-order valence-electron chi connectivity index (χ2n) is 5.65. The molecule has 1 aliphatic rings. The third-order valence-corrected chi connectivity index (χ3v) is 4.18. The zero-order valence-corrected chi connectivity index (χ0v) is 13.7. The zero-order valence-electron chi connectivity index (χ0n) is 13.7. The van der Waals surface area contributed by atoms with E-state index in [2.05, 4.69) is 0 Å². The molecule has 0 bridgehead atoms. The Labute approximate surface area is 143 Å². The highest BCUT2D eigenvalue weighted by molar-refractivity contribution is 5.99. The van der Waals surface area contributed by atoms with Crippen LogP contribution in [0.15, 0.2) is 36.5 Å². The standard InChI is InChI=1S/C17H16N2O6/c1-3-24-16(20)15-14(12-5-4-8-18(12)2)11-9-10(19(22)23)6-7-13(11)25-17(15)21/h4-9,14-15H,3H2,1-2H3/t14-,15+/m1/s1. The molecule has 8 heteroatoms. The van der Waals surface area contributed by atoms with Crippen LogP contribution in [-0.4, -0.2) is 28.0 Å². The molecule has 0 radical (unpaired) electrons. The lowest BCUT2D eigenvalue weighted by Gasteiger charge is -2.30. The predicted octanol–water partition coefficient (Wildman–Crippen LogP) is 2.16. The Morgan fingerprint density at radius 1 is 1.40 bits per heavy atom. The summed E-state index contributed by atoms with van der Waals surface area (Å²) in [5, 5.41) is 11.1. The first-order chi connectivity index (χ1) is 11.9. The average Bonchev–Trinajstić information content (AvgIpc) is 2.98. The Kier molecular flexibility index (Phi) is 4.26. The third-order valence-electron chi connectivity index (χ3n) is 4.18. The maximum atomic E-state index is 12.4. The molecule has 130 valence electrons. The average molecular weight is 344 g/mol. The summed E-state index contributed by atoms with van der Waals surface area (Å²) in [6.07, 6.45) is 1.77. The van der Waals surface area contributed by atoms with E-state index in [1.54, 1.807) is 36.9 Å². The van der Waals surface area contributed by atoms with Crippen LogP contribution >= 0.6 is 0 Å². The monoisotopic (exact) mass is 344 g/mol.